The van der Waals surface area contributed by atoms with Gasteiger partial charge in [0.25, 0.3) is 0 Å². The molecule has 0 saturated heterocycles. The summed E-state index contributed by atoms with van der Waals surface area (Å²) in [6.45, 7) is -2.25. The van der Waals surface area contributed by atoms with Crippen LogP contribution in [0.2, 0.25) is 0 Å². The summed E-state index contributed by atoms with van der Waals surface area (Å²) in [5.74, 6) is 0. The molecule has 0 saturated carbocycles. The lowest BCUT2D eigenvalue weighted by Crippen LogP contribution is -2.18. The third-order valence-electron chi connectivity index (χ3n) is 0.880. The standard InChI is InChI=1S/C4H8N3PS2/c5-8(6,9)7-3-1-2-4-10-7/h1-4H,(H4,5,6,9). The van der Waals surface area contributed by atoms with Crippen molar-refractivity contribution in [3.8, 4) is 0 Å². The van der Waals surface area contributed by atoms with Crippen molar-refractivity contribution in [1.29, 1.82) is 0 Å². The van der Waals surface area contributed by atoms with E-state index in [-0.39, 0.29) is 0 Å². The quantitative estimate of drug-likeness (QED) is 0.483. The van der Waals surface area contributed by atoms with Crippen LogP contribution in [0.25, 0.3) is 0 Å². The van der Waals surface area contributed by atoms with Crippen LogP contribution in [-0.4, -0.2) is 4.08 Å². The molecule has 0 atom stereocenters. The number of allylic oxidation sites excluding steroid dienone is 2. The molecule has 0 spiro atoms. The average Bonchev–Trinajstić information content (AvgIpc) is 1.88. The fraction of sp³-hybridized carbons (Fsp3) is 0. The highest BCUT2D eigenvalue weighted by atomic mass is 32.5. The smallest absolute Gasteiger partial charge is 0.168 e. The van der Waals surface area contributed by atoms with Gasteiger partial charge in [-0.1, -0.05) is 6.08 Å². The molecule has 0 bridgehead atoms. The fourth-order valence-corrected chi connectivity index (χ4v) is 2.45. The van der Waals surface area contributed by atoms with E-state index in [0.29, 0.717) is 0 Å². The number of hydrogen-bond donors (Lipinski definition) is 2. The summed E-state index contributed by atoms with van der Waals surface area (Å²) in [6, 6.07) is 0. The first-order valence-electron chi connectivity index (χ1n) is 2.58. The minimum Gasteiger partial charge on any atom is -0.274 e. The van der Waals surface area contributed by atoms with Crippen molar-refractivity contribution in [2.24, 2.45) is 11.0 Å². The zero-order valence-electron chi connectivity index (χ0n) is 5.18. The van der Waals surface area contributed by atoms with Crippen molar-refractivity contribution in [1.82, 2.24) is 4.08 Å². The molecule has 0 aromatic heterocycles. The molecule has 0 aliphatic carbocycles. The molecule has 0 unspecified atom stereocenters. The third kappa shape index (κ3) is 2.11. The topological polar surface area (TPSA) is 55.3 Å². The monoisotopic (exact) mass is 193 g/mol. The first-order valence-corrected chi connectivity index (χ1v) is 6.31. The average molecular weight is 193 g/mol. The molecule has 1 aliphatic rings. The van der Waals surface area contributed by atoms with Crippen molar-refractivity contribution < 1.29 is 0 Å². The van der Waals surface area contributed by atoms with E-state index in [4.69, 9.17) is 22.8 Å². The molecule has 1 aliphatic heterocycles. The number of hydrogen-bond acceptors (Lipinski definition) is 2. The van der Waals surface area contributed by atoms with Crippen molar-refractivity contribution in [3.05, 3.63) is 23.8 Å². The normalized spacial score (nSPS) is 18.0. The van der Waals surface area contributed by atoms with Crippen molar-refractivity contribution in [2.75, 3.05) is 0 Å². The maximum atomic E-state index is 5.53. The van der Waals surface area contributed by atoms with E-state index in [2.05, 4.69) is 0 Å². The molecule has 4 N–H and O–H groups in total. The lowest BCUT2D eigenvalue weighted by Gasteiger charge is -2.25. The maximum Gasteiger partial charge on any atom is 0.168 e. The molecule has 0 aromatic rings. The minimum absolute atomic E-state index is 1.43. The highest BCUT2D eigenvalue weighted by Gasteiger charge is 2.12. The molecule has 1 heterocycles. The van der Waals surface area contributed by atoms with Gasteiger partial charge in [-0.05, 0) is 35.2 Å². The van der Waals surface area contributed by atoms with E-state index in [1.807, 2.05) is 17.6 Å². The Morgan fingerprint density at radius 3 is 2.40 bits per heavy atom. The molecule has 1 rings (SSSR count). The van der Waals surface area contributed by atoms with Gasteiger partial charge in [0.2, 0.25) is 0 Å². The van der Waals surface area contributed by atoms with Crippen LogP contribution in [0.4, 0.5) is 0 Å². The Balaban J connectivity index is 2.69. The predicted molar refractivity (Wildman–Crippen MR) is 50.4 cm³/mol. The van der Waals surface area contributed by atoms with Gasteiger partial charge in [-0.3, -0.25) is 15.1 Å². The lowest BCUT2D eigenvalue weighted by molar-refractivity contribution is 0.998. The lowest BCUT2D eigenvalue weighted by atomic mass is 10.6. The summed E-state index contributed by atoms with van der Waals surface area (Å²) >= 11 is 6.32. The zero-order valence-corrected chi connectivity index (χ0v) is 7.70. The second kappa shape index (κ2) is 3.07. The van der Waals surface area contributed by atoms with Crippen molar-refractivity contribution >= 4 is 30.2 Å². The Labute approximate surface area is 69.4 Å². The van der Waals surface area contributed by atoms with Crippen LogP contribution >= 0.6 is 18.4 Å². The summed E-state index contributed by atoms with van der Waals surface area (Å²) in [5, 5.41) is 1.89. The first kappa shape index (κ1) is 8.30. The van der Waals surface area contributed by atoms with E-state index in [1.165, 1.54) is 11.9 Å². The summed E-state index contributed by atoms with van der Waals surface area (Å²) in [5.41, 5.74) is 11.1. The van der Waals surface area contributed by atoms with Gasteiger partial charge in [-0.25, -0.2) is 0 Å². The minimum atomic E-state index is -2.25. The summed E-state index contributed by atoms with van der Waals surface area (Å²) in [6.07, 6.45) is 5.56. The number of nitrogens with two attached hydrogens (primary N) is 2. The molecule has 6 heteroatoms. The second-order valence-corrected chi connectivity index (χ2v) is 6.43. The van der Waals surface area contributed by atoms with Crippen molar-refractivity contribution in [2.45, 2.75) is 0 Å². The highest BCUT2D eigenvalue weighted by molar-refractivity contribution is 8.18. The zero-order chi connectivity index (χ0) is 7.61. The molecule has 3 nitrogen and oxygen atoms in total. The second-order valence-electron chi connectivity index (χ2n) is 1.75. The largest absolute Gasteiger partial charge is 0.274 e. The van der Waals surface area contributed by atoms with E-state index in [0.717, 1.165) is 0 Å². The molecular weight excluding hydrogens is 185 g/mol. The maximum absolute atomic E-state index is 5.53. The third-order valence-corrected chi connectivity index (χ3v) is 4.18. The van der Waals surface area contributed by atoms with Crippen molar-refractivity contribution in [3.63, 3.8) is 0 Å². The van der Waals surface area contributed by atoms with Crippen LogP contribution < -0.4 is 11.0 Å². The van der Waals surface area contributed by atoms with Gasteiger partial charge in [0, 0.05) is 6.20 Å². The van der Waals surface area contributed by atoms with E-state index >= 15 is 0 Å². The predicted octanol–water partition coefficient (Wildman–Crippen LogP) is 1.12. The van der Waals surface area contributed by atoms with E-state index in [9.17, 15) is 0 Å². The molecule has 0 radical (unpaired) electrons. The molecule has 0 aromatic carbocycles. The SMILES string of the molecule is NP(N)(=S)N1C=CC=CS1. The van der Waals surface area contributed by atoms with Gasteiger partial charge in [0.15, 0.2) is 6.49 Å². The summed E-state index contributed by atoms with van der Waals surface area (Å²) in [7, 11) is 0. The van der Waals surface area contributed by atoms with Crippen LogP contribution in [0, 0.1) is 0 Å². The first-order chi connectivity index (χ1) is 4.61. The van der Waals surface area contributed by atoms with Crippen LogP contribution in [0.5, 0.6) is 0 Å². The van der Waals surface area contributed by atoms with E-state index in [1.54, 1.807) is 10.3 Å². The van der Waals surface area contributed by atoms with Crippen LogP contribution in [0.3, 0.4) is 0 Å². The van der Waals surface area contributed by atoms with Crippen LogP contribution in [-0.2, 0) is 11.8 Å². The Kier molecular flexibility index (Phi) is 2.55. The van der Waals surface area contributed by atoms with Gasteiger partial charge < -0.3 is 0 Å². The van der Waals surface area contributed by atoms with Gasteiger partial charge in [0.1, 0.15) is 0 Å². The van der Waals surface area contributed by atoms with Crippen LogP contribution in [0.15, 0.2) is 23.8 Å². The Hall–Kier alpha value is 0.200. The fourth-order valence-electron chi connectivity index (χ4n) is 0.479. The highest BCUT2D eigenvalue weighted by Crippen LogP contribution is 2.40. The Morgan fingerprint density at radius 1 is 1.40 bits per heavy atom. The number of rotatable bonds is 1. The van der Waals surface area contributed by atoms with E-state index < -0.39 is 6.49 Å². The Morgan fingerprint density at radius 2 is 2.10 bits per heavy atom. The summed E-state index contributed by atoms with van der Waals surface area (Å²) in [4.78, 5) is 0. The van der Waals surface area contributed by atoms with Gasteiger partial charge in [-0.15, -0.1) is 0 Å². The summed E-state index contributed by atoms with van der Waals surface area (Å²) < 4.78 is 1.71. The number of nitrogens with zero attached hydrogens (tertiary/aromatic N) is 1. The molecule has 56 valence electrons. The van der Waals surface area contributed by atoms with Crippen LogP contribution in [0.1, 0.15) is 0 Å². The molecule has 0 fully saturated rings. The van der Waals surface area contributed by atoms with Gasteiger partial charge in [-0.2, -0.15) is 0 Å². The Bertz CT molecular complexity index is 219. The molecule has 0 amide bonds. The van der Waals surface area contributed by atoms with Gasteiger partial charge in [0.05, 0.1) is 0 Å². The molecule has 10 heavy (non-hydrogen) atoms. The van der Waals surface area contributed by atoms with Gasteiger partial charge >= 0.3 is 0 Å². The molecular formula is C4H8N3PS2.